The van der Waals surface area contributed by atoms with Gasteiger partial charge < -0.3 is 19.4 Å². The maximum absolute atomic E-state index is 12.8. The predicted molar refractivity (Wildman–Crippen MR) is 105 cm³/mol. The number of hydrogen-bond donors (Lipinski definition) is 1. The molecule has 2 aliphatic heterocycles. The minimum Gasteiger partial charge on any atom is -0.378 e. The largest absolute Gasteiger partial charge is 0.378 e. The van der Waals surface area contributed by atoms with E-state index in [0.29, 0.717) is 18.7 Å². The number of anilines is 1. The molecular formula is C20H23N5O3. The highest BCUT2D eigenvalue weighted by Gasteiger charge is 2.22. The first kappa shape index (κ1) is 17.4. The highest BCUT2D eigenvalue weighted by Crippen LogP contribution is 2.31. The van der Waals surface area contributed by atoms with E-state index in [-0.39, 0.29) is 11.7 Å². The number of H-pyrrole nitrogens is 1. The number of hydrogen-bond acceptors (Lipinski definition) is 6. The number of aromatic amines is 1. The molecule has 8 heteroatoms. The van der Waals surface area contributed by atoms with Crippen LogP contribution in [0.25, 0.3) is 22.3 Å². The predicted octanol–water partition coefficient (Wildman–Crippen LogP) is 2.32. The van der Waals surface area contributed by atoms with Crippen molar-refractivity contribution in [2.75, 3.05) is 37.8 Å². The lowest BCUT2D eigenvalue weighted by atomic mass is 10.1. The minimum absolute atomic E-state index is 0.0730. The average Bonchev–Trinajstić information content (AvgIpc) is 3.24. The van der Waals surface area contributed by atoms with E-state index in [1.165, 1.54) is 0 Å². The Labute approximate surface area is 162 Å². The fourth-order valence-electron chi connectivity index (χ4n) is 3.99. The van der Waals surface area contributed by atoms with Crippen molar-refractivity contribution in [1.82, 2.24) is 19.7 Å². The van der Waals surface area contributed by atoms with Gasteiger partial charge in [-0.1, -0.05) is 0 Å². The molecule has 146 valence electrons. The fourth-order valence-corrected chi connectivity index (χ4v) is 3.99. The van der Waals surface area contributed by atoms with Crippen molar-refractivity contribution < 1.29 is 9.47 Å². The zero-order valence-corrected chi connectivity index (χ0v) is 15.6. The summed E-state index contributed by atoms with van der Waals surface area (Å²) in [5.41, 5.74) is 2.91. The van der Waals surface area contributed by atoms with Crippen LogP contribution in [-0.4, -0.2) is 52.7 Å². The molecule has 8 nitrogen and oxygen atoms in total. The number of aromatic nitrogens is 4. The van der Waals surface area contributed by atoms with Gasteiger partial charge in [-0.3, -0.25) is 9.78 Å². The fraction of sp³-hybridized carbons (Fsp3) is 0.450. The molecule has 3 aromatic rings. The van der Waals surface area contributed by atoms with Crippen LogP contribution in [0.1, 0.15) is 25.5 Å². The van der Waals surface area contributed by atoms with Crippen molar-refractivity contribution in [2.45, 2.75) is 25.5 Å². The first-order valence-electron chi connectivity index (χ1n) is 9.81. The van der Waals surface area contributed by atoms with Gasteiger partial charge in [0.25, 0.3) is 0 Å². The summed E-state index contributed by atoms with van der Waals surface area (Å²) in [7, 11) is 0. The molecule has 2 fully saturated rings. The summed E-state index contributed by atoms with van der Waals surface area (Å²) in [5, 5.41) is 4.51. The van der Waals surface area contributed by atoms with Crippen molar-refractivity contribution in [3.8, 4) is 11.3 Å². The van der Waals surface area contributed by atoms with Crippen molar-refractivity contribution >= 4 is 16.9 Å². The normalized spacial score (nSPS) is 20.6. The summed E-state index contributed by atoms with van der Waals surface area (Å²) >= 11 is 0. The molecule has 2 aliphatic rings. The lowest BCUT2D eigenvalue weighted by Crippen LogP contribution is -2.37. The zero-order chi connectivity index (χ0) is 18.9. The van der Waals surface area contributed by atoms with Gasteiger partial charge in [-0.2, -0.15) is 5.10 Å². The van der Waals surface area contributed by atoms with Crippen molar-refractivity contribution in [2.24, 2.45) is 0 Å². The van der Waals surface area contributed by atoms with Crippen LogP contribution in [0, 0.1) is 0 Å². The third kappa shape index (κ3) is 3.08. The van der Waals surface area contributed by atoms with Crippen LogP contribution in [0.15, 0.2) is 35.4 Å². The molecule has 0 amide bonds. The number of pyridine rings is 2. The van der Waals surface area contributed by atoms with Crippen LogP contribution < -0.4 is 10.3 Å². The molecule has 0 bridgehead atoms. The van der Waals surface area contributed by atoms with Crippen LogP contribution in [-0.2, 0) is 9.47 Å². The van der Waals surface area contributed by atoms with E-state index in [4.69, 9.17) is 9.47 Å². The summed E-state index contributed by atoms with van der Waals surface area (Å²) in [6, 6.07) is 5.52. The van der Waals surface area contributed by atoms with Crippen LogP contribution in [0.5, 0.6) is 0 Å². The Morgan fingerprint density at radius 2 is 2.00 bits per heavy atom. The van der Waals surface area contributed by atoms with E-state index < -0.39 is 0 Å². The Morgan fingerprint density at radius 3 is 2.82 bits per heavy atom. The summed E-state index contributed by atoms with van der Waals surface area (Å²) in [5.74, 6) is 0.801. The molecule has 0 saturated carbocycles. The first-order valence-corrected chi connectivity index (χ1v) is 9.81. The van der Waals surface area contributed by atoms with Gasteiger partial charge in [0.1, 0.15) is 11.3 Å². The third-order valence-corrected chi connectivity index (χ3v) is 5.43. The molecule has 3 aromatic heterocycles. The van der Waals surface area contributed by atoms with Crippen molar-refractivity contribution in [1.29, 1.82) is 0 Å². The van der Waals surface area contributed by atoms with Gasteiger partial charge in [-0.15, -0.1) is 0 Å². The zero-order valence-electron chi connectivity index (χ0n) is 15.6. The standard InChI is InChI=1S/C20H23N5O3/c26-16-13-17(24-8-11-27-12-9-24)23-19-14(4-6-21-20(16)19)15-5-7-22-25(15)18-3-1-2-10-28-18/h4-7,13,18H,1-3,8-12H2,(H,23,26). The number of nitrogens with zero attached hydrogens (tertiary/aromatic N) is 4. The van der Waals surface area contributed by atoms with Gasteiger partial charge in [0, 0.05) is 43.7 Å². The topological polar surface area (TPSA) is 85.3 Å². The maximum Gasteiger partial charge on any atom is 0.209 e. The quantitative estimate of drug-likeness (QED) is 0.749. The second kappa shape index (κ2) is 7.37. The monoisotopic (exact) mass is 381 g/mol. The molecule has 5 heterocycles. The number of fused-ring (bicyclic) bond motifs is 1. The molecule has 0 spiro atoms. The molecular weight excluding hydrogens is 358 g/mol. The van der Waals surface area contributed by atoms with Gasteiger partial charge in [-0.05, 0) is 31.4 Å². The Kier molecular flexibility index (Phi) is 4.58. The van der Waals surface area contributed by atoms with E-state index in [1.54, 1.807) is 18.5 Å². The average molecular weight is 381 g/mol. The highest BCUT2D eigenvalue weighted by molar-refractivity contribution is 5.91. The minimum atomic E-state index is -0.0860. The van der Waals surface area contributed by atoms with Crippen molar-refractivity contribution in [3.05, 3.63) is 40.8 Å². The number of morpholine rings is 1. The highest BCUT2D eigenvalue weighted by atomic mass is 16.5. The molecule has 1 N–H and O–H groups in total. The SMILES string of the molecule is O=c1cc(N2CCOCC2)[nH]c2c(-c3ccnn3C3CCCCO3)ccnc12. The molecule has 2 saturated heterocycles. The van der Waals surface area contributed by atoms with Gasteiger partial charge in [0.05, 0.1) is 24.4 Å². The summed E-state index contributed by atoms with van der Waals surface area (Å²) < 4.78 is 13.3. The Hall–Kier alpha value is -2.71. The molecule has 0 aromatic carbocycles. The van der Waals surface area contributed by atoms with E-state index in [9.17, 15) is 4.79 Å². The van der Waals surface area contributed by atoms with E-state index in [0.717, 1.165) is 61.6 Å². The first-order chi connectivity index (χ1) is 13.8. The van der Waals surface area contributed by atoms with Crippen LogP contribution in [0.2, 0.25) is 0 Å². The molecule has 5 rings (SSSR count). The maximum atomic E-state index is 12.8. The smallest absolute Gasteiger partial charge is 0.209 e. The Morgan fingerprint density at radius 1 is 1.11 bits per heavy atom. The second-order valence-electron chi connectivity index (χ2n) is 7.18. The van der Waals surface area contributed by atoms with Crippen LogP contribution >= 0.6 is 0 Å². The lowest BCUT2D eigenvalue weighted by molar-refractivity contribution is -0.0383. The second-order valence-corrected chi connectivity index (χ2v) is 7.18. The lowest BCUT2D eigenvalue weighted by Gasteiger charge is -2.28. The van der Waals surface area contributed by atoms with Gasteiger partial charge in [0.2, 0.25) is 5.43 Å². The Bertz CT molecular complexity index is 1030. The van der Waals surface area contributed by atoms with Crippen LogP contribution in [0.3, 0.4) is 0 Å². The van der Waals surface area contributed by atoms with Crippen LogP contribution in [0.4, 0.5) is 5.82 Å². The number of ether oxygens (including phenoxy) is 2. The van der Waals surface area contributed by atoms with E-state index in [2.05, 4.69) is 20.0 Å². The number of rotatable bonds is 3. The molecule has 1 atom stereocenters. The summed E-state index contributed by atoms with van der Waals surface area (Å²) in [6.45, 7) is 3.58. The Balaban J connectivity index is 1.63. The number of nitrogens with one attached hydrogen (secondary N) is 1. The third-order valence-electron chi connectivity index (χ3n) is 5.43. The summed E-state index contributed by atoms with van der Waals surface area (Å²) in [4.78, 5) is 22.7. The molecule has 0 radical (unpaired) electrons. The van der Waals surface area contributed by atoms with Gasteiger partial charge in [0.15, 0.2) is 6.23 Å². The van der Waals surface area contributed by atoms with Crippen molar-refractivity contribution in [3.63, 3.8) is 0 Å². The molecule has 1 unspecified atom stereocenters. The van der Waals surface area contributed by atoms with Gasteiger partial charge >= 0.3 is 0 Å². The van der Waals surface area contributed by atoms with E-state index in [1.807, 2.05) is 16.8 Å². The van der Waals surface area contributed by atoms with E-state index >= 15 is 0 Å². The molecule has 0 aliphatic carbocycles. The summed E-state index contributed by atoms with van der Waals surface area (Å²) in [6.07, 6.45) is 6.54. The molecule has 28 heavy (non-hydrogen) atoms. The van der Waals surface area contributed by atoms with Gasteiger partial charge in [-0.25, -0.2) is 4.68 Å².